The van der Waals surface area contributed by atoms with Gasteiger partial charge in [-0.2, -0.15) is 0 Å². The minimum absolute atomic E-state index is 0.304. The van der Waals surface area contributed by atoms with Gasteiger partial charge in [-0.15, -0.1) is 6.58 Å². The predicted molar refractivity (Wildman–Crippen MR) is 105 cm³/mol. The Bertz CT molecular complexity index is 636. The van der Waals surface area contributed by atoms with Crippen LogP contribution >= 0.6 is 0 Å². The summed E-state index contributed by atoms with van der Waals surface area (Å²) in [6.07, 6.45) is 5.58. The third kappa shape index (κ3) is 5.71. The number of nitrogens with zero attached hydrogens (tertiary/aromatic N) is 1. The zero-order valence-corrected chi connectivity index (χ0v) is 15.9. The molecule has 0 saturated carbocycles. The van der Waals surface area contributed by atoms with Crippen molar-refractivity contribution in [2.75, 3.05) is 19.6 Å². The normalized spacial score (nSPS) is 23.8. The maximum atomic E-state index is 12.4. The molecule has 0 aliphatic carbocycles. The highest BCUT2D eigenvalue weighted by atomic mass is 16.6. The lowest BCUT2D eigenvalue weighted by Crippen LogP contribution is -2.61. The Hall–Kier alpha value is -2.11. The fraction of sp³-hybridized carbons (Fsp3) is 0.476. The molecule has 5 heteroatoms. The molecule has 0 bridgehead atoms. The summed E-state index contributed by atoms with van der Waals surface area (Å²) in [6.45, 7) is 10.6. The molecule has 1 aromatic rings. The SMILES string of the molecule is C=CCN[C@@H]1CN(C(=O)OC(C)(C)C)CC[C@]1(O)/C=C/c1ccccc1. The van der Waals surface area contributed by atoms with Crippen LogP contribution in [0.4, 0.5) is 4.79 Å². The van der Waals surface area contributed by atoms with Crippen LogP contribution in [0.3, 0.4) is 0 Å². The molecule has 2 N–H and O–H groups in total. The number of aliphatic hydroxyl groups is 1. The lowest BCUT2D eigenvalue weighted by molar-refractivity contribution is -0.0266. The van der Waals surface area contributed by atoms with Crippen molar-refractivity contribution in [2.24, 2.45) is 0 Å². The van der Waals surface area contributed by atoms with Crippen LogP contribution in [0, 0.1) is 0 Å². The summed E-state index contributed by atoms with van der Waals surface area (Å²) >= 11 is 0. The van der Waals surface area contributed by atoms with E-state index in [1.165, 1.54) is 0 Å². The smallest absolute Gasteiger partial charge is 0.410 e. The summed E-state index contributed by atoms with van der Waals surface area (Å²) in [6, 6.07) is 9.55. The quantitative estimate of drug-likeness (QED) is 0.794. The van der Waals surface area contributed by atoms with Crippen molar-refractivity contribution in [3.63, 3.8) is 0 Å². The molecule has 0 aromatic heterocycles. The first-order valence-electron chi connectivity index (χ1n) is 9.02. The van der Waals surface area contributed by atoms with Gasteiger partial charge in [0.05, 0.1) is 6.04 Å². The molecule has 5 nitrogen and oxygen atoms in total. The van der Waals surface area contributed by atoms with Crippen LogP contribution < -0.4 is 5.32 Å². The van der Waals surface area contributed by atoms with Crippen molar-refractivity contribution < 1.29 is 14.6 Å². The second kappa shape index (κ2) is 8.52. The van der Waals surface area contributed by atoms with Crippen LogP contribution in [-0.2, 0) is 4.74 Å². The molecule has 1 aliphatic heterocycles. The summed E-state index contributed by atoms with van der Waals surface area (Å²) in [5.41, 5.74) is -0.558. The van der Waals surface area contributed by atoms with Gasteiger partial charge in [0.15, 0.2) is 0 Å². The van der Waals surface area contributed by atoms with Gasteiger partial charge in [0, 0.05) is 19.6 Å². The zero-order chi connectivity index (χ0) is 19.2. The van der Waals surface area contributed by atoms with Gasteiger partial charge < -0.3 is 20.1 Å². The summed E-state index contributed by atoms with van der Waals surface area (Å²) in [5.74, 6) is 0. The topological polar surface area (TPSA) is 61.8 Å². The molecule has 0 unspecified atom stereocenters. The van der Waals surface area contributed by atoms with Gasteiger partial charge in [-0.1, -0.05) is 48.6 Å². The van der Waals surface area contributed by atoms with Gasteiger partial charge in [0.1, 0.15) is 11.2 Å². The van der Waals surface area contributed by atoms with E-state index in [1.807, 2.05) is 63.3 Å². The van der Waals surface area contributed by atoms with Crippen LogP contribution in [0.1, 0.15) is 32.8 Å². The fourth-order valence-corrected chi connectivity index (χ4v) is 2.92. The average molecular weight is 358 g/mol. The fourth-order valence-electron chi connectivity index (χ4n) is 2.92. The lowest BCUT2D eigenvalue weighted by atomic mass is 9.85. The van der Waals surface area contributed by atoms with Gasteiger partial charge in [0.25, 0.3) is 0 Å². The minimum Gasteiger partial charge on any atom is -0.444 e. The summed E-state index contributed by atoms with van der Waals surface area (Å²) in [5, 5.41) is 14.5. The van der Waals surface area contributed by atoms with Gasteiger partial charge in [0.2, 0.25) is 0 Å². The Labute approximate surface area is 156 Å². The molecular weight excluding hydrogens is 328 g/mol. The number of benzene rings is 1. The Morgan fingerprint density at radius 3 is 2.73 bits per heavy atom. The van der Waals surface area contributed by atoms with Crippen molar-refractivity contribution in [2.45, 2.75) is 44.4 Å². The van der Waals surface area contributed by atoms with Crippen molar-refractivity contribution in [1.29, 1.82) is 0 Å². The zero-order valence-electron chi connectivity index (χ0n) is 15.9. The van der Waals surface area contributed by atoms with E-state index in [4.69, 9.17) is 4.74 Å². The lowest BCUT2D eigenvalue weighted by Gasteiger charge is -2.43. The first-order chi connectivity index (χ1) is 12.2. The predicted octanol–water partition coefficient (Wildman–Crippen LogP) is 3.22. The minimum atomic E-state index is -1.04. The van der Waals surface area contributed by atoms with E-state index < -0.39 is 11.2 Å². The van der Waals surface area contributed by atoms with Crippen molar-refractivity contribution in [3.05, 3.63) is 54.6 Å². The van der Waals surface area contributed by atoms with Crippen molar-refractivity contribution in [1.82, 2.24) is 10.2 Å². The molecule has 1 amide bonds. The maximum absolute atomic E-state index is 12.4. The van der Waals surface area contributed by atoms with E-state index in [0.29, 0.717) is 26.1 Å². The second-order valence-corrected chi connectivity index (χ2v) is 7.66. The number of carbonyl (C=O) groups is 1. The molecule has 26 heavy (non-hydrogen) atoms. The molecular formula is C21H30N2O3. The molecule has 2 atom stereocenters. The number of nitrogens with one attached hydrogen (secondary N) is 1. The molecule has 142 valence electrons. The number of likely N-dealkylation sites (tertiary alicyclic amines) is 1. The number of amides is 1. The Morgan fingerprint density at radius 2 is 2.12 bits per heavy atom. The monoisotopic (exact) mass is 358 g/mol. The number of piperidine rings is 1. The molecule has 0 radical (unpaired) electrons. The molecule has 1 saturated heterocycles. The molecule has 0 spiro atoms. The van der Waals surface area contributed by atoms with E-state index in [0.717, 1.165) is 5.56 Å². The maximum Gasteiger partial charge on any atom is 0.410 e. The number of rotatable bonds is 5. The molecule has 1 fully saturated rings. The Kier molecular flexibility index (Phi) is 6.62. The van der Waals surface area contributed by atoms with Crippen molar-refractivity contribution >= 4 is 12.2 Å². The van der Waals surface area contributed by atoms with Gasteiger partial charge in [-0.05, 0) is 32.8 Å². The number of carbonyl (C=O) groups excluding carboxylic acids is 1. The van der Waals surface area contributed by atoms with Crippen LogP contribution in [0.15, 0.2) is 49.1 Å². The van der Waals surface area contributed by atoms with Crippen LogP contribution in [0.2, 0.25) is 0 Å². The summed E-state index contributed by atoms with van der Waals surface area (Å²) < 4.78 is 5.47. The molecule has 1 aromatic carbocycles. The van der Waals surface area contributed by atoms with Crippen LogP contribution in [-0.4, -0.2) is 53.0 Å². The standard InChI is InChI=1S/C21H30N2O3/c1-5-14-22-18-16-23(19(24)26-20(2,3)4)15-13-21(18,25)12-11-17-9-7-6-8-10-17/h5-12,18,22,25H,1,13-16H2,2-4H3/b12-11+/t18-,21-/m1/s1. The van der Waals surface area contributed by atoms with Crippen LogP contribution in [0.25, 0.3) is 6.08 Å². The highest BCUT2D eigenvalue weighted by Gasteiger charge is 2.41. The Balaban J connectivity index is 2.13. The van der Waals surface area contributed by atoms with Gasteiger partial charge >= 0.3 is 6.09 Å². The first kappa shape index (κ1) is 20.2. The summed E-state index contributed by atoms with van der Waals surface area (Å²) in [4.78, 5) is 14.0. The number of hydrogen-bond acceptors (Lipinski definition) is 4. The largest absolute Gasteiger partial charge is 0.444 e. The van der Waals surface area contributed by atoms with Crippen LogP contribution in [0.5, 0.6) is 0 Å². The van der Waals surface area contributed by atoms with Gasteiger partial charge in [-0.25, -0.2) is 4.79 Å². The van der Waals surface area contributed by atoms with E-state index in [9.17, 15) is 9.90 Å². The first-order valence-corrected chi connectivity index (χ1v) is 9.02. The van der Waals surface area contributed by atoms with E-state index >= 15 is 0 Å². The Morgan fingerprint density at radius 1 is 1.42 bits per heavy atom. The molecule has 1 heterocycles. The molecule has 2 rings (SSSR count). The highest BCUT2D eigenvalue weighted by molar-refractivity contribution is 5.68. The van der Waals surface area contributed by atoms with E-state index in [-0.39, 0.29) is 12.1 Å². The number of hydrogen-bond donors (Lipinski definition) is 2. The third-order valence-corrected chi connectivity index (χ3v) is 4.31. The third-order valence-electron chi connectivity index (χ3n) is 4.31. The van der Waals surface area contributed by atoms with Gasteiger partial charge in [-0.3, -0.25) is 0 Å². The average Bonchev–Trinajstić information content (AvgIpc) is 2.59. The molecule has 1 aliphatic rings. The number of ether oxygens (including phenoxy) is 1. The van der Waals surface area contributed by atoms with E-state index in [1.54, 1.807) is 11.0 Å². The second-order valence-electron chi connectivity index (χ2n) is 7.66. The van der Waals surface area contributed by atoms with E-state index in [2.05, 4.69) is 11.9 Å². The summed E-state index contributed by atoms with van der Waals surface area (Å²) in [7, 11) is 0. The van der Waals surface area contributed by atoms with Crippen molar-refractivity contribution in [3.8, 4) is 0 Å². The highest BCUT2D eigenvalue weighted by Crippen LogP contribution is 2.26.